The second-order valence-electron chi connectivity index (χ2n) is 6.44. The second-order valence-corrected chi connectivity index (χ2v) is 6.87. The van der Waals surface area contributed by atoms with Crippen molar-refractivity contribution in [2.75, 3.05) is 5.32 Å². The van der Waals surface area contributed by atoms with E-state index in [0.717, 1.165) is 5.56 Å². The first kappa shape index (κ1) is 21.7. The first-order valence-electron chi connectivity index (χ1n) is 9.20. The van der Waals surface area contributed by atoms with Crippen LogP contribution in [0.4, 0.5) is 5.69 Å². The third-order valence-corrected chi connectivity index (χ3v) is 4.37. The molecule has 2 amide bonds. The molecule has 0 bridgehead atoms. The van der Waals surface area contributed by atoms with Gasteiger partial charge in [-0.15, -0.1) is 0 Å². The maximum absolute atomic E-state index is 12.1. The maximum atomic E-state index is 12.1. The van der Waals surface area contributed by atoms with Gasteiger partial charge in [-0.2, -0.15) is 5.10 Å². The van der Waals surface area contributed by atoms with Gasteiger partial charge in [0, 0.05) is 10.7 Å². The molecule has 0 spiro atoms. The van der Waals surface area contributed by atoms with Gasteiger partial charge in [-0.1, -0.05) is 35.9 Å². The van der Waals surface area contributed by atoms with Crippen LogP contribution < -0.4 is 15.5 Å². The minimum absolute atomic E-state index is 0.337. The molecule has 0 unspecified atom stereocenters. The molecule has 8 heteroatoms. The summed E-state index contributed by atoms with van der Waals surface area (Å²) in [6, 6.07) is 20.0. The summed E-state index contributed by atoms with van der Waals surface area (Å²) in [5.74, 6) is -1.92. The highest BCUT2D eigenvalue weighted by Gasteiger charge is 2.13. The molecule has 156 valence electrons. The van der Waals surface area contributed by atoms with E-state index in [4.69, 9.17) is 16.3 Å². The smallest absolute Gasteiger partial charge is 0.343 e. The number of carbonyl (C=O) groups excluding carboxylic acids is 3. The third-order valence-electron chi connectivity index (χ3n) is 4.13. The molecule has 0 fully saturated rings. The number of aryl methyl sites for hydroxylation is 1. The van der Waals surface area contributed by atoms with Crippen LogP contribution in [0.1, 0.15) is 21.5 Å². The van der Waals surface area contributed by atoms with Crippen molar-refractivity contribution in [1.29, 1.82) is 0 Å². The first-order valence-corrected chi connectivity index (χ1v) is 9.58. The molecule has 0 aromatic heterocycles. The molecule has 3 rings (SSSR count). The van der Waals surface area contributed by atoms with Crippen molar-refractivity contribution in [3.8, 4) is 5.75 Å². The number of nitrogens with one attached hydrogen (secondary N) is 2. The number of halogens is 1. The van der Waals surface area contributed by atoms with E-state index in [1.807, 2.05) is 19.1 Å². The van der Waals surface area contributed by atoms with Gasteiger partial charge in [-0.05, 0) is 66.6 Å². The maximum Gasteiger partial charge on any atom is 0.343 e. The fourth-order valence-corrected chi connectivity index (χ4v) is 2.70. The summed E-state index contributed by atoms with van der Waals surface area (Å²) in [6.07, 6.45) is 1.36. The number of benzene rings is 3. The van der Waals surface area contributed by atoms with Crippen molar-refractivity contribution >= 4 is 41.3 Å². The molecule has 3 aromatic carbocycles. The Bertz CT molecular complexity index is 1140. The van der Waals surface area contributed by atoms with Crippen LogP contribution in [0.2, 0.25) is 5.02 Å². The van der Waals surface area contributed by atoms with E-state index in [1.54, 1.807) is 54.6 Å². The molecule has 0 aliphatic carbocycles. The lowest BCUT2D eigenvalue weighted by molar-refractivity contribution is -0.136. The highest BCUT2D eigenvalue weighted by molar-refractivity contribution is 6.39. The fourth-order valence-electron chi connectivity index (χ4n) is 2.51. The lowest BCUT2D eigenvalue weighted by atomic mass is 10.2. The van der Waals surface area contributed by atoms with Gasteiger partial charge in [-0.3, -0.25) is 9.59 Å². The minimum atomic E-state index is -0.897. The molecule has 0 saturated heterocycles. The Labute approximate surface area is 183 Å². The van der Waals surface area contributed by atoms with Crippen LogP contribution in [-0.2, 0) is 9.59 Å². The van der Waals surface area contributed by atoms with E-state index < -0.39 is 17.8 Å². The van der Waals surface area contributed by atoms with Crippen LogP contribution in [-0.4, -0.2) is 24.0 Å². The second kappa shape index (κ2) is 10.2. The van der Waals surface area contributed by atoms with Crippen molar-refractivity contribution < 1.29 is 19.1 Å². The number of hydrogen-bond acceptors (Lipinski definition) is 5. The molecule has 7 nitrogen and oxygen atoms in total. The van der Waals surface area contributed by atoms with Gasteiger partial charge in [0.05, 0.1) is 11.8 Å². The Kier molecular flexibility index (Phi) is 7.13. The Balaban J connectivity index is 1.52. The van der Waals surface area contributed by atoms with Crippen molar-refractivity contribution in [2.24, 2.45) is 5.10 Å². The molecule has 0 atom stereocenters. The Morgan fingerprint density at radius 3 is 2.39 bits per heavy atom. The first-order chi connectivity index (χ1) is 14.9. The zero-order chi connectivity index (χ0) is 22.2. The number of anilines is 1. The van der Waals surface area contributed by atoms with Gasteiger partial charge in [0.2, 0.25) is 0 Å². The number of carbonyl (C=O) groups is 3. The Morgan fingerprint density at radius 1 is 0.935 bits per heavy atom. The molecule has 0 saturated carbocycles. The Hall–Kier alpha value is -3.97. The monoisotopic (exact) mass is 435 g/mol. The lowest BCUT2D eigenvalue weighted by Crippen LogP contribution is -2.32. The predicted octanol–water partition coefficient (Wildman–Crippen LogP) is 3.96. The van der Waals surface area contributed by atoms with Gasteiger partial charge in [0.15, 0.2) is 0 Å². The van der Waals surface area contributed by atoms with Gasteiger partial charge < -0.3 is 10.1 Å². The molecule has 31 heavy (non-hydrogen) atoms. The zero-order valence-corrected chi connectivity index (χ0v) is 17.2. The molecule has 3 aromatic rings. The van der Waals surface area contributed by atoms with Gasteiger partial charge in [-0.25, -0.2) is 10.2 Å². The number of nitrogens with zero attached hydrogens (tertiary/aromatic N) is 1. The number of amides is 2. The van der Waals surface area contributed by atoms with Gasteiger partial charge in [0.1, 0.15) is 5.75 Å². The quantitative estimate of drug-likeness (QED) is 0.208. The number of ether oxygens (including phenoxy) is 1. The summed E-state index contributed by atoms with van der Waals surface area (Å²) in [5.41, 5.74) is 4.52. The largest absolute Gasteiger partial charge is 0.423 e. The summed E-state index contributed by atoms with van der Waals surface area (Å²) in [6.45, 7) is 1.82. The topological polar surface area (TPSA) is 96.9 Å². The highest BCUT2D eigenvalue weighted by Crippen LogP contribution is 2.16. The average Bonchev–Trinajstić information content (AvgIpc) is 2.76. The molecular formula is C23H18ClN3O4. The normalized spacial score (nSPS) is 10.5. The van der Waals surface area contributed by atoms with E-state index in [1.165, 1.54) is 12.3 Å². The summed E-state index contributed by atoms with van der Waals surface area (Å²) < 4.78 is 5.29. The molecular weight excluding hydrogens is 418 g/mol. The summed E-state index contributed by atoms with van der Waals surface area (Å²) in [4.78, 5) is 35.9. The van der Waals surface area contributed by atoms with Crippen molar-refractivity contribution in [1.82, 2.24) is 5.43 Å². The van der Waals surface area contributed by atoms with Crippen LogP contribution >= 0.6 is 11.6 Å². The van der Waals surface area contributed by atoms with Crippen LogP contribution in [0.25, 0.3) is 0 Å². The van der Waals surface area contributed by atoms with Gasteiger partial charge >= 0.3 is 17.8 Å². The summed E-state index contributed by atoms with van der Waals surface area (Å²) in [7, 11) is 0. The van der Waals surface area contributed by atoms with Crippen molar-refractivity contribution in [3.05, 3.63) is 94.5 Å². The average molecular weight is 436 g/mol. The molecule has 0 aliphatic heterocycles. The van der Waals surface area contributed by atoms with Crippen LogP contribution in [0.5, 0.6) is 5.75 Å². The Morgan fingerprint density at radius 2 is 1.68 bits per heavy atom. The lowest BCUT2D eigenvalue weighted by Gasteiger charge is -2.06. The van der Waals surface area contributed by atoms with E-state index >= 15 is 0 Å². The molecule has 0 radical (unpaired) electrons. The standard InChI is InChI=1S/C23H18ClN3O4/c1-15-5-2-3-8-20(15)26-21(28)22(29)27-25-14-16-9-11-19(12-10-16)31-23(30)17-6-4-7-18(24)13-17/h2-14H,1H3,(H,26,28)(H,27,29)/b25-14+. The SMILES string of the molecule is Cc1ccccc1NC(=O)C(=O)N/N=C/c1ccc(OC(=O)c2cccc(Cl)c2)cc1. The van der Waals surface area contributed by atoms with Crippen LogP contribution in [0.15, 0.2) is 77.9 Å². The summed E-state index contributed by atoms with van der Waals surface area (Å²) >= 11 is 5.87. The number of hydrogen-bond donors (Lipinski definition) is 2. The minimum Gasteiger partial charge on any atom is -0.423 e. The molecule has 0 heterocycles. The number of esters is 1. The van der Waals surface area contributed by atoms with E-state index in [9.17, 15) is 14.4 Å². The predicted molar refractivity (Wildman–Crippen MR) is 118 cm³/mol. The zero-order valence-electron chi connectivity index (χ0n) is 16.5. The van der Waals surface area contributed by atoms with Crippen molar-refractivity contribution in [2.45, 2.75) is 6.92 Å². The van der Waals surface area contributed by atoms with E-state index in [-0.39, 0.29) is 0 Å². The molecule has 2 N–H and O–H groups in total. The van der Waals surface area contributed by atoms with Crippen LogP contribution in [0.3, 0.4) is 0 Å². The summed E-state index contributed by atoms with van der Waals surface area (Å²) in [5, 5.41) is 6.73. The van der Waals surface area contributed by atoms with Gasteiger partial charge in [0.25, 0.3) is 0 Å². The molecule has 0 aliphatic rings. The number of rotatable bonds is 5. The fraction of sp³-hybridized carbons (Fsp3) is 0.0435. The van der Waals surface area contributed by atoms with E-state index in [0.29, 0.717) is 27.6 Å². The van der Waals surface area contributed by atoms with Crippen LogP contribution in [0, 0.1) is 6.92 Å². The van der Waals surface area contributed by atoms with E-state index in [2.05, 4.69) is 15.8 Å². The number of hydrazone groups is 1. The number of para-hydroxylation sites is 1. The van der Waals surface area contributed by atoms with Crippen molar-refractivity contribution in [3.63, 3.8) is 0 Å². The highest BCUT2D eigenvalue weighted by atomic mass is 35.5. The third kappa shape index (κ3) is 6.25.